The molecule has 1 saturated heterocycles. The van der Waals surface area contributed by atoms with Crippen molar-refractivity contribution in [1.29, 1.82) is 0 Å². The quantitative estimate of drug-likeness (QED) is 0.490. The van der Waals surface area contributed by atoms with E-state index in [0.717, 1.165) is 42.2 Å². The second-order valence-corrected chi connectivity index (χ2v) is 7.46. The maximum absolute atomic E-state index is 11.9. The summed E-state index contributed by atoms with van der Waals surface area (Å²) < 4.78 is 16.8. The third-order valence-electron chi connectivity index (χ3n) is 4.98. The summed E-state index contributed by atoms with van der Waals surface area (Å²) in [5, 5.41) is 2.84. The van der Waals surface area contributed by atoms with Gasteiger partial charge in [-0.3, -0.25) is 9.79 Å². The zero-order chi connectivity index (χ0) is 22.0. The number of ether oxygens (including phenoxy) is 3. The first-order valence-electron chi connectivity index (χ1n) is 10.7. The van der Waals surface area contributed by atoms with E-state index in [-0.39, 0.29) is 18.6 Å². The van der Waals surface area contributed by atoms with Gasteiger partial charge in [0.2, 0.25) is 0 Å². The van der Waals surface area contributed by atoms with Crippen LogP contribution in [0.15, 0.2) is 83.9 Å². The van der Waals surface area contributed by atoms with Gasteiger partial charge in [-0.15, -0.1) is 0 Å². The zero-order valence-corrected chi connectivity index (χ0v) is 17.8. The maximum Gasteiger partial charge on any atom is 0.258 e. The minimum atomic E-state index is -0.147. The molecule has 3 aromatic rings. The van der Waals surface area contributed by atoms with Gasteiger partial charge in [-0.25, -0.2) is 0 Å². The van der Waals surface area contributed by atoms with Crippen molar-refractivity contribution in [3.05, 3.63) is 84.4 Å². The second kappa shape index (κ2) is 11.1. The molecule has 0 saturated carbocycles. The molecule has 0 unspecified atom stereocenters. The van der Waals surface area contributed by atoms with Crippen LogP contribution < -0.4 is 14.8 Å². The summed E-state index contributed by atoms with van der Waals surface area (Å²) in [6, 6.07) is 24.7. The number of para-hydroxylation sites is 1. The van der Waals surface area contributed by atoms with Crippen LogP contribution in [-0.2, 0) is 9.53 Å². The molecule has 1 atom stereocenters. The van der Waals surface area contributed by atoms with Gasteiger partial charge >= 0.3 is 0 Å². The Morgan fingerprint density at radius 2 is 1.69 bits per heavy atom. The number of carbonyl (C=O) groups is 1. The molecule has 164 valence electrons. The highest BCUT2D eigenvalue weighted by Gasteiger charge is 2.16. The Kier molecular flexibility index (Phi) is 7.50. The van der Waals surface area contributed by atoms with Crippen molar-refractivity contribution in [2.24, 2.45) is 4.99 Å². The van der Waals surface area contributed by atoms with E-state index in [1.54, 1.807) is 6.21 Å². The van der Waals surface area contributed by atoms with Crippen molar-refractivity contribution in [3.63, 3.8) is 0 Å². The normalized spacial score (nSPS) is 15.6. The topological polar surface area (TPSA) is 69.2 Å². The first kappa shape index (κ1) is 21.6. The summed E-state index contributed by atoms with van der Waals surface area (Å²) >= 11 is 0. The van der Waals surface area contributed by atoms with Crippen LogP contribution in [0.5, 0.6) is 17.2 Å². The smallest absolute Gasteiger partial charge is 0.258 e. The van der Waals surface area contributed by atoms with Crippen molar-refractivity contribution >= 4 is 17.8 Å². The average molecular weight is 431 g/mol. The Morgan fingerprint density at radius 3 is 2.41 bits per heavy atom. The Hall–Kier alpha value is -3.64. The number of nitrogens with zero attached hydrogens (tertiary/aromatic N) is 1. The summed E-state index contributed by atoms with van der Waals surface area (Å²) in [4.78, 5) is 16.4. The highest BCUT2D eigenvalue weighted by atomic mass is 16.5. The molecule has 6 nitrogen and oxygen atoms in total. The molecule has 0 bridgehead atoms. The van der Waals surface area contributed by atoms with Crippen LogP contribution in [0.25, 0.3) is 0 Å². The van der Waals surface area contributed by atoms with Crippen LogP contribution in [0.2, 0.25) is 0 Å². The van der Waals surface area contributed by atoms with Gasteiger partial charge in [-0.05, 0) is 79.1 Å². The van der Waals surface area contributed by atoms with Gasteiger partial charge in [0, 0.05) is 19.4 Å². The van der Waals surface area contributed by atoms with E-state index in [1.165, 1.54) is 0 Å². The summed E-state index contributed by atoms with van der Waals surface area (Å²) in [6.07, 6.45) is 3.96. The lowest BCUT2D eigenvalue weighted by atomic mass is 10.2. The van der Waals surface area contributed by atoms with Crippen molar-refractivity contribution in [3.8, 4) is 17.2 Å². The molecular weight excluding hydrogens is 404 g/mol. The molecule has 3 aromatic carbocycles. The largest absolute Gasteiger partial charge is 0.484 e. The second-order valence-electron chi connectivity index (χ2n) is 7.46. The van der Waals surface area contributed by atoms with Crippen molar-refractivity contribution in [2.45, 2.75) is 18.9 Å². The van der Waals surface area contributed by atoms with Crippen LogP contribution in [-0.4, -0.2) is 38.0 Å². The zero-order valence-electron chi connectivity index (χ0n) is 17.8. The predicted octanol–water partition coefficient (Wildman–Crippen LogP) is 4.90. The van der Waals surface area contributed by atoms with Gasteiger partial charge in [-0.1, -0.05) is 18.2 Å². The molecule has 1 aliphatic rings. The standard InChI is InChI=1S/C26H26N2O4/c29-26(28-18-25-7-4-16-30-25)19-31-22-12-8-20(9-13-22)17-27-21-10-14-24(15-11-21)32-23-5-2-1-3-6-23/h1-3,5-6,8-15,17,25H,4,7,16,18-19H2,(H,28,29)/t25-/m1/s1. The van der Waals surface area contributed by atoms with Crippen LogP contribution in [0.1, 0.15) is 18.4 Å². The average Bonchev–Trinajstić information content (AvgIpc) is 3.36. The Bertz CT molecular complexity index is 1010. The minimum absolute atomic E-state index is 0.0163. The number of amides is 1. The molecule has 0 radical (unpaired) electrons. The summed E-state index contributed by atoms with van der Waals surface area (Å²) in [6.45, 7) is 1.30. The number of aliphatic imine (C=N–C) groups is 1. The highest BCUT2D eigenvalue weighted by molar-refractivity contribution is 5.82. The minimum Gasteiger partial charge on any atom is -0.484 e. The van der Waals surface area contributed by atoms with E-state index < -0.39 is 0 Å². The van der Waals surface area contributed by atoms with E-state index in [0.29, 0.717) is 12.3 Å². The third kappa shape index (κ3) is 6.68. The van der Waals surface area contributed by atoms with Gasteiger partial charge in [0.05, 0.1) is 11.8 Å². The van der Waals surface area contributed by atoms with Crippen LogP contribution >= 0.6 is 0 Å². The summed E-state index contributed by atoms with van der Waals surface area (Å²) in [5.41, 5.74) is 1.76. The van der Waals surface area contributed by atoms with E-state index in [4.69, 9.17) is 14.2 Å². The number of rotatable bonds is 9. The van der Waals surface area contributed by atoms with Crippen molar-refractivity contribution < 1.29 is 19.0 Å². The summed E-state index contributed by atoms with van der Waals surface area (Å²) in [5.74, 6) is 2.05. The SMILES string of the molecule is O=C(COc1ccc(C=Nc2ccc(Oc3ccccc3)cc2)cc1)NC[C@H]1CCCO1. The number of carbonyl (C=O) groups excluding carboxylic acids is 1. The number of hydrogen-bond acceptors (Lipinski definition) is 5. The molecule has 0 spiro atoms. The summed E-state index contributed by atoms with van der Waals surface area (Å²) in [7, 11) is 0. The fourth-order valence-corrected chi connectivity index (χ4v) is 3.26. The van der Waals surface area contributed by atoms with Crippen molar-refractivity contribution in [2.75, 3.05) is 19.8 Å². The molecule has 0 aliphatic carbocycles. The molecule has 0 aromatic heterocycles. The van der Waals surface area contributed by atoms with Gasteiger partial charge in [0.25, 0.3) is 5.91 Å². The fourth-order valence-electron chi connectivity index (χ4n) is 3.26. The van der Waals surface area contributed by atoms with Gasteiger partial charge < -0.3 is 19.5 Å². The van der Waals surface area contributed by atoms with Gasteiger partial charge in [0.15, 0.2) is 6.61 Å². The molecule has 1 aliphatic heterocycles. The maximum atomic E-state index is 11.9. The highest BCUT2D eigenvalue weighted by Crippen LogP contribution is 2.23. The molecular formula is C26H26N2O4. The van der Waals surface area contributed by atoms with Crippen molar-refractivity contribution in [1.82, 2.24) is 5.32 Å². The monoisotopic (exact) mass is 430 g/mol. The molecule has 4 rings (SSSR count). The number of benzene rings is 3. The lowest BCUT2D eigenvalue weighted by molar-refractivity contribution is -0.123. The lowest BCUT2D eigenvalue weighted by Gasteiger charge is -2.11. The number of nitrogens with one attached hydrogen (secondary N) is 1. The molecule has 1 amide bonds. The van der Waals surface area contributed by atoms with Crippen LogP contribution in [0.3, 0.4) is 0 Å². The first-order valence-corrected chi connectivity index (χ1v) is 10.7. The lowest BCUT2D eigenvalue weighted by Crippen LogP contribution is -2.35. The van der Waals surface area contributed by atoms with Crippen LogP contribution in [0.4, 0.5) is 5.69 Å². The fraction of sp³-hybridized carbons (Fsp3) is 0.231. The van der Waals surface area contributed by atoms with E-state index in [1.807, 2.05) is 78.9 Å². The number of hydrogen-bond donors (Lipinski definition) is 1. The molecule has 6 heteroatoms. The van der Waals surface area contributed by atoms with E-state index >= 15 is 0 Å². The van der Waals surface area contributed by atoms with E-state index in [2.05, 4.69) is 10.3 Å². The predicted molar refractivity (Wildman–Crippen MR) is 124 cm³/mol. The third-order valence-corrected chi connectivity index (χ3v) is 4.98. The molecule has 1 heterocycles. The van der Waals surface area contributed by atoms with Gasteiger partial charge in [-0.2, -0.15) is 0 Å². The Labute approximate surface area is 187 Å². The molecule has 1 N–H and O–H groups in total. The van der Waals surface area contributed by atoms with Crippen LogP contribution in [0, 0.1) is 0 Å². The molecule has 32 heavy (non-hydrogen) atoms. The molecule has 1 fully saturated rings. The Morgan fingerprint density at radius 1 is 0.969 bits per heavy atom. The first-order chi connectivity index (χ1) is 15.7. The van der Waals surface area contributed by atoms with Gasteiger partial charge in [0.1, 0.15) is 17.2 Å². The Balaban J connectivity index is 1.22. The van der Waals surface area contributed by atoms with E-state index in [9.17, 15) is 4.79 Å².